The molecule has 1 N–H and O–H groups in total. The molecule has 4 aromatic carbocycles. The summed E-state index contributed by atoms with van der Waals surface area (Å²) in [5, 5.41) is 10.6. The number of nitrogens with zero attached hydrogens (tertiary/aromatic N) is 1. The smallest absolute Gasteiger partial charge is 0.343 e. The standard InChI is InChI=1S/C37H31NO10/c1-22(2)31-20-33(40)38(35(31)42)26-10-18-28(19-11-26)46-34(41)21-32(39)23-4-14-29(15-5-23)47-37(44)25-8-16-30(17-9-25)48-36(43)24-6-12-27(45-3)13-7-24/h4-19,32,39H,20-21H2,1-3H3. The number of carbonyl (C=O) groups is 5. The van der Waals surface area contributed by atoms with Crippen molar-refractivity contribution >= 4 is 35.4 Å². The average molecular weight is 650 g/mol. The number of aliphatic hydroxyl groups excluding tert-OH is 1. The molecule has 48 heavy (non-hydrogen) atoms. The van der Waals surface area contributed by atoms with Gasteiger partial charge in [0.1, 0.15) is 23.0 Å². The van der Waals surface area contributed by atoms with Crippen LogP contribution < -0.4 is 23.8 Å². The van der Waals surface area contributed by atoms with E-state index in [0.717, 1.165) is 10.5 Å². The van der Waals surface area contributed by atoms with E-state index >= 15 is 0 Å². The lowest BCUT2D eigenvalue weighted by Crippen LogP contribution is -2.29. The molecular formula is C37H31NO10. The van der Waals surface area contributed by atoms with Gasteiger partial charge < -0.3 is 24.1 Å². The molecule has 0 aromatic heterocycles. The number of allylic oxidation sites excluding steroid dienone is 1. The second-order valence-electron chi connectivity index (χ2n) is 11.0. The lowest BCUT2D eigenvalue weighted by atomic mass is 10.1. The minimum absolute atomic E-state index is 0.0418. The third kappa shape index (κ3) is 7.83. The molecule has 1 saturated heterocycles. The highest BCUT2D eigenvalue weighted by Gasteiger charge is 2.35. The minimum Gasteiger partial charge on any atom is -0.497 e. The van der Waals surface area contributed by atoms with Crippen molar-refractivity contribution in [1.82, 2.24) is 0 Å². The van der Waals surface area contributed by atoms with E-state index in [9.17, 15) is 29.1 Å². The summed E-state index contributed by atoms with van der Waals surface area (Å²) in [6.45, 7) is 3.56. The van der Waals surface area contributed by atoms with Gasteiger partial charge in [0.2, 0.25) is 5.91 Å². The number of rotatable bonds is 10. The van der Waals surface area contributed by atoms with Crippen LogP contribution in [0.4, 0.5) is 5.69 Å². The van der Waals surface area contributed by atoms with Crippen LogP contribution >= 0.6 is 0 Å². The van der Waals surface area contributed by atoms with Crippen LogP contribution in [0.25, 0.3) is 0 Å². The molecule has 0 radical (unpaired) electrons. The number of ether oxygens (including phenoxy) is 4. The summed E-state index contributed by atoms with van der Waals surface area (Å²) in [6.07, 6.45) is -1.51. The summed E-state index contributed by atoms with van der Waals surface area (Å²) in [6, 6.07) is 24.3. The molecule has 1 aliphatic heterocycles. The molecule has 11 nitrogen and oxygen atoms in total. The molecule has 11 heteroatoms. The normalized spacial score (nSPS) is 13.2. The predicted molar refractivity (Wildman–Crippen MR) is 173 cm³/mol. The molecule has 2 amide bonds. The zero-order valence-corrected chi connectivity index (χ0v) is 26.3. The number of benzene rings is 4. The minimum atomic E-state index is -1.20. The fraction of sp³-hybridized carbons (Fsp3) is 0.162. The van der Waals surface area contributed by atoms with Gasteiger partial charge in [-0.3, -0.25) is 14.4 Å². The molecule has 1 heterocycles. The van der Waals surface area contributed by atoms with Crippen molar-refractivity contribution in [3.63, 3.8) is 0 Å². The number of hydrogen-bond donors (Lipinski definition) is 1. The van der Waals surface area contributed by atoms with Crippen molar-refractivity contribution in [3.05, 3.63) is 125 Å². The van der Waals surface area contributed by atoms with Gasteiger partial charge in [-0.25, -0.2) is 14.5 Å². The van der Waals surface area contributed by atoms with Gasteiger partial charge >= 0.3 is 17.9 Å². The van der Waals surface area contributed by atoms with Gasteiger partial charge in [-0.15, -0.1) is 0 Å². The third-order valence-corrected chi connectivity index (χ3v) is 7.43. The van der Waals surface area contributed by atoms with Crippen LogP contribution in [0.15, 0.2) is 108 Å². The zero-order chi connectivity index (χ0) is 34.4. The number of aliphatic hydroxyl groups is 1. The first-order valence-electron chi connectivity index (χ1n) is 14.8. The highest BCUT2D eigenvalue weighted by Crippen LogP contribution is 2.30. The Kier molecular flexibility index (Phi) is 10.1. The number of anilines is 1. The summed E-state index contributed by atoms with van der Waals surface area (Å²) >= 11 is 0. The Morgan fingerprint density at radius 3 is 1.62 bits per heavy atom. The second-order valence-corrected chi connectivity index (χ2v) is 11.0. The van der Waals surface area contributed by atoms with E-state index in [1.165, 1.54) is 79.9 Å². The van der Waals surface area contributed by atoms with Crippen molar-refractivity contribution in [2.75, 3.05) is 12.0 Å². The largest absolute Gasteiger partial charge is 0.497 e. The Bertz CT molecular complexity index is 1870. The van der Waals surface area contributed by atoms with Crippen molar-refractivity contribution < 1.29 is 48.0 Å². The maximum absolute atomic E-state index is 12.6. The molecule has 1 aliphatic rings. The Morgan fingerprint density at radius 2 is 1.15 bits per heavy atom. The molecule has 1 atom stereocenters. The van der Waals surface area contributed by atoms with Gasteiger partial charge in [-0.05, 0) is 104 Å². The Morgan fingerprint density at radius 1 is 0.688 bits per heavy atom. The van der Waals surface area contributed by atoms with Crippen LogP contribution in [-0.2, 0) is 14.4 Å². The molecule has 244 valence electrons. The number of methoxy groups -OCH3 is 1. The van der Waals surface area contributed by atoms with Gasteiger partial charge in [-0.2, -0.15) is 0 Å². The Balaban J connectivity index is 1.10. The Hall–Kier alpha value is -6.07. The van der Waals surface area contributed by atoms with Gasteiger partial charge in [0.05, 0.1) is 42.9 Å². The first kappa shape index (κ1) is 33.3. The van der Waals surface area contributed by atoms with Crippen molar-refractivity contribution in [2.45, 2.75) is 32.8 Å². The van der Waals surface area contributed by atoms with E-state index in [2.05, 4.69) is 0 Å². The second kappa shape index (κ2) is 14.6. The fourth-order valence-electron chi connectivity index (χ4n) is 4.79. The van der Waals surface area contributed by atoms with Crippen molar-refractivity contribution in [1.29, 1.82) is 0 Å². The molecule has 1 unspecified atom stereocenters. The number of esters is 3. The van der Waals surface area contributed by atoms with Crippen LogP contribution in [0.5, 0.6) is 23.0 Å². The molecule has 0 bridgehead atoms. The quantitative estimate of drug-likeness (QED) is 0.0974. The molecule has 0 spiro atoms. The van der Waals surface area contributed by atoms with E-state index in [4.69, 9.17) is 18.9 Å². The van der Waals surface area contributed by atoms with E-state index in [0.29, 0.717) is 28.1 Å². The van der Waals surface area contributed by atoms with Gasteiger partial charge in [0.25, 0.3) is 5.91 Å². The molecule has 4 aromatic rings. The van der Waals surface area contributed by atoms with Crippen LogP contribution in [0, 0.1) is 0 Å². The number of imide groups is 1. The van der Waals surface area contributed by atoms with Crippen molar-refractivity contribution in [3.8, 4) is 23.0 Å². The zero-order valence-electron chi connectivity index (χ0n) is 26.3. The van der Waals surface area contributed by atoms with Gasteiger partial charge in [0, 0.05) is 5.57 Å². The van der Waals surface area contributed by atoms with E-state index in [1.807, 2.05) is 0 Å². The van der Waals surface area contributed by atoms with Crippen LogP contribution in [0.1, 0.15) is 59.1 Å². The summed E-state index contributed by atoms with van der Waals surface area (Å²) in [7, 11) is 1.53. The maximum Gasteiger partial charge on any atom is 0.343 e. The predicted octanol–water partition coefficient (Wildman–Crippen LogP) is 5.76. The SMILES string of the molecule is COc1ccc(C(=O)Oc2ccc(C(=O)Oc3ccc(C(O)CC(=O)Oc4ccc(N5C(=O)CC(=C(C)C)C5=O)cc4)cc3)cc2)cc1. The van der Waals surface area contributed by atoms with Gasteiger partial charge in [-0.1, -0.05) is 17.7 Å². The summed E-state index contributed by atoms with van der Waals surface area (Å²) in [5.74, 6) is -1.37. The Labute approximate surface area is 275 Å². The van der Waals surface area contributed by atoms with Gasteiger partial charge in [0.15, 0.2) is 0 Å². The molecule has 5 rings (SSSR count). The van der Waals surface area contributed by atoms with Crippen LogP contribution in [0.3, 0.4) is 0 Å². The highest BCUT2D eigenvalue weighted by molar-refractivity contribution is 6.28. The van der Waals surface area contributed by atoms with Crippen LogP contribution in [0.2, 0.25) is 0 Å². The molecule has 1 fully saturated rings. The average Bonchev–Trinajstić information content (AvgIpc) is 3.39. The van der Waals surface area contributed by atoms with E-state index in [-0.39, 0.29) is 47.5 Å². The lowest BCUT2D eigenvalue weighted by Gasteiger charge is -2.15. The first-order chi connectivity index (χ1) is 23.0. The molecule has 0 saturated carbocycles. The van der Waals surface area contributed by atoms with E-state index in [1.54, 1.807) is 38.1 Å². The summed E-state index contributed by atoms with van der Waals surface area (Å²) < 4.78 is 21.2. The summed E-state index contributed by atoms with van der Waals surface area (Å²) in [5.41, 5.74) is 2.57. The monoisotopic (exact) mass is 649 g/mol. The van der Waals surface area contributed by atoms with E-state index < -0.39 is 24.0 Å². The molecular weight excluding hydrogens is 618 g/mol. The van der Waals surface area contributed by atoms with Crippen LogP contribution in [-0.4, -0.2) is 41.9 Å². The number of amides is 2. The first-order valence-corrected chi connectivity index (χ1v) is 14.8. The highest BCUT2D eigenvalue weighted by atomic mass is 16.5. The summed E-state index contributed by atoms with van der Waals surface area (Å²) in [4.78, 5) is 63.6. The topological polar surface area (TPSA) is 146 Å². The maximum atomic E-state index is 12.6. The van der Waals surface area contributed by atoms with Crippen molar-refractivity contribution in [2.24, 2.45) is 0 Å². The third-order valence-electron chi connectivity index (χ3n) is 7.43. The fourth-order valence-corrected chi connectivity index (χ4v) is 4.79. The number of carbonyl (C=O) groups excluding carboxylic acids is 5. The molecule has 0 aliphatic carbocycles. The lowest BCUT2D eigenvalue weighted by molar-refractivity contribution is -0.136. The number of hydrogen-bond acceptors (Lipinski definition) is 10.